The van der Waals surface area contributed by atoms with Crippen molar-refractivity contribution >= 4 is 11.6 Å². The molecular formula is C19H30N6O3. The molecule has 1 aromatic rings. The van der Waals surface area contributed by atoms with Crippen LogP contribution in [-0.4, -0.2) is 80.6 Å². The summed E-state index contributed by atoms with van der Waals surface area (Å²) in [7, 11) is 0. The first-order chi connectivity index (χ1) is 13.9. The van der Waals surface area contributed by atoms with Crippen molar-refractivity contribution in [3.63, 3.8) is 0 Å². The Balaban J connectivity index is 1.39. The van der Waals surface area contributed by atoms with E-state index in [0.717, 1.165) is 64.6 Å². The molecule has 0 saturated carbocycles. The number of nitrogens with one attached hydrogen (secondary N) is 2. The van der Waals surface area contributed by atoms with Gasteiger partial charge in [0.05, 0.1) is 26.4 Å². The second kappa shape index (κ2) is 9.90. The van der Waals surface area contributed by atoms with Crippen LogP contribution in [0, 0.1) is 0 Å². The lowest BCUT2D eigenvalue weighted by molar-refractivity contribution is 0.0317. The number of aromatic nitrogens is 2. The van der Waals surface area contributed by atoms with Crippen LogP contribution in [0.15, 0.2) is 17.8 Å². The number of morpholine rings is 2. The molecule has 4 rings (SSSR count). The van der Waals surface area contributed by atoms with Crippen LogP contribution >= 0.6 is 0 Å². The van der Waals surface area contributed by atoms with Crippen molar-refractivity contribution in [3.05, 3.63) is 17.8 Å². The molecular weight excluding hydrogens is 360 g/mol. The van der Waals surface area contributed by atoms with E-state index in [4.69, 9.17) is 14.2 Å². The van der Waals surface area contributed by atoms with Gasteiger partial charge in [0, 0.05) is 44.5 Å². The minimum absolute atomic E-state index is 0.405. The van der Waals surface area contributed by atoms with Crippen molar-refractivity contribution in [2.24, 2.45) is 0 Å². The van der Waals surface area contributed by atoms with Crippen LogP contribution in [-0.2, 0) is 9.47 Å². The Labute approximate surface area is 166 Å². The maximum absolute atomic E-state index is 5.91. The first kappa shape index (κ1) is 19.2. The molecule has 0 atom stereocenters. The lowest BCUT2D eigenvalue weighted by atomic mass is 10.3. The van der Waals surface area contributed by atoms with E-state index >= 15 is 0 Å². The van der Waals surface area contributed by atoms with E-state index in [9.17, 15) is 0 Å². The Bertz CT molecular complexity index is 659. The summed E-state index contributed by atoms with van der Waals surface area (Å²) in [4.78, 5) is 13.7. The molecule has 3 aliphatic rings. The fourth-order valence-electron chi connectivity index (χ4n) is 3.52. The fraction of sp³-hybridized carbons (Fsp3) is 0.684. The molecule has 0 radical (unpaired) electrons. The van der Waals surface area contributed by atoms with Gasteiger partial charge in [-0.1, -0.05) is 6.08 Å². The smallest absolute Gasteiger partial charge is 0.320 e. The number of hydrazine groups is 1. The number of hydrogen-bond donors (Lipinski definition) is 2. The van der Waals surface area contributed by atoms with Crippen LogP contribution in [0.1, 0.15) is 19.3 Å². The van der Waals surface area contributed by atoms with E-state index in [1.807, 2.05) is 6.07 Å². The van der Waals surface area contributed by atoms with Gasteiger partial charge in [-0.3, -0.25) is 10.3 Å². The van der Waals surface area contributed by atoms with Crippen LogP contribution in [0.5, 0.6) is 6.01 Å². The summed E-state index contributed by atoms with van der Waals surface area (Å²) in [6, 6.07) is 2.37. The number of rotatable bonds is 8. The highest BCUT2D eigenvalue weighted by atomic mass is 16.5. The second-order valence-corrected chi connectivity index (χ2v) is 7.17. The van der Waals surface area contributed by atoms with E-state index < -0.39 is 0 Å². The number of ether oxygens (including phenoxy) is 3. The molecule has 2 saturated heterocycles. The van der Waals surface area contributed by atoms with Gasteiger partial charge in [0.1, 0.15) is 12.4 Å². The average molecular weight is 390 g/mol. The predicted octanol–water partition coefficient (Wildman–Crippen LogP) is 1.01. The molecule has 28 heavy (non-hydrogen) atoms. The summed E-state index contributed by atoms with van der Waals surface area (Å²) in [5.41, 5.74) is 7.68. The van der Waals surface area contributed by atoms with Gasteiger partial charge < -0.3 is 24.5 Å². The van der Waals surface area contributed by atoms with Gasteiger partial charge in [0.25, 0.3) is 0 Å². The average Bonchev–Trinajstić information content (AvgIpc) is 3.27. The molecule has 2 aliphatic heterocycles. The van der Waals surface area contributed by atoms with Gasteiger partial charge in [0.2, 0.25) is 0 Å². The van der Waals surface area contributed by atoms with Gasteiger partial charge in [-0.25, -0.2) is 0 Å². The lowest BCUT2D eigenvalue weighted by Gasteiger charge is -2.28. The Morgan fingerprint density at radius 2 is 1.79 bits per heavy atom. The third kappa shape index (κ3) is 5.46. The summed E-state index contributed by atoms with van der Waals surface area (Å²) < 4.78 is 16.8. The SMILES string of the molecule is C1=C(NNc2cc(N3CCOCC3)nc(OCCN3CCOCC3)n2)CCC1. The van der Waals surface area contributed by atoms with E-state index in [-0.39, 0.29) is 0 Å². The number of hydrogen-bond acceptors (Lipinski definition) is 9. The maximum atomic E-state index is 5.91. The summed E-state index contributed by atoms with van der Waals surface area (Å²) in [5, 5.41) is 0. The largest absolute Gasteiger partial charge is 0.462 e. The fourth-order valence-corrected chi connectivity index (χ4v) is 3.52. The first-order valence-electron chi connectivity index (χ1n) is 10.2. The Kier molecular flexibility index (Phi) is 6.80. The molecule has 9 nitrogen and oxygen atoms in total. The summed E-state index contributed by atoms with van der Waals surface area (Å²) in [5.74, 6) is 1.58. The van der Waals surface area contributed by atoms with Crippen LogP contribution in [0.4, 0.5) is 11.6 Å². The highest BCUT2D eigenvalue weighted by Crippen LogP contribution is 2.21. The summed E-state index contributed by atoms with van der Waals surface area (Å²) in [6.07, 6.45) is 5.61. The Morgan fingerprint density at radius 3 is 2.54 bits per heavy atom. The molecule has 2 N–H and O–H groups in total. The monoisotopic (exact) mass is 390 g/mol. The quantitative estimate of drug-likeness (QED) is 0.632. The van der Waals surface area contributed by atoms with Gasteiger partial charge >= 0.3 is 6.01 Å². The topological polar surface area (TPSA) is 84.0 Å². The predicted molar refractivity (Wildman–Crippen MR) is 107 cm³/mol. The van der Waals surface area contributed by atoms with Gasteiger partial charge in [-0.15, -0.1) is 0 Å². The minimum Gasteiger partial charge on any atom is -0.462 e. The molecule has 0 spiro atoms. The Morgan fingerprint density at radius 1 is 1.00 bits per heavy atom. The third-order valence-corrected chi connectivity index (χ3v) is 5.16. The van der Waals surface area contributed by atoms with Crippen molar-refractivity contribution in [2.45, 2.75) is 19.3 Å². The highest BCUT2D eigenvalue weighted by molar-refractivity contribution is 5.50. The van der Waals surface area contributed by atoms with Crippen LogP contribution in [0.25, 0.3) is 0 Å². The lowest BCUT2D eigenvalue weighted by Crippen LogP contribution is -2.39. The normalized spacial score (nSPS) is 20.7. The van der Waals surface area contributed by atoms with Crippen LogP contribution < -0.4 is 20.5 Å². The molecule has 0 aromatic carbocycles. The number of anilines is 2. The van der Waals surface area contributed by atoms with Gasteiger partial charge in [-0.2, -0.15) is 9.97 Å². The third-order valence-electron chi connectivity index (χ3n) is 5.16. The van der Waals surface area contributed by atoms with Gasteiger partial charge in [0.15, 0.2) is 5.82 Å². The molecule has 2 fully saturated rings. The van der Waals surface area contributed by atoms with Crippen molar-refractivity contribution in [2.75, 3.05) is 76.1 Å². The molecule has 0 amide bonds. The molecule has 154 valence electrons. The Hall–Kier alpha value is -2.10. The van der Waals surface area contributed by atoms with E-state index in [1.54, 1.807) is 0 Å². The van der Waals surface area contributed by atoms with Crippen molar-refractivity contribution < 1.29 is 14.2 Å². The van der Waals surface area contributed by atoms with E-state index in [1.165, 1.54) is 12.1 Å². The zero-order valence-electron chi connectivity index (χ0n) is 16.4. The van der Waals surface area contributed by atoms with Crippen molar-refractivity contribution in [1.29, 1.82) is 0 Å². The van der Waals surface area contributed by atoms with Crippen molar-refractivity contribution in [1.82, 2.24) is 20.3 Å². The van der Waals surface area contributed by atoms with E-state index in [2.05, 4.69) is 36.7 Å². The number of allylic oxidation sites excluding steroid dienone is 2. The van der Waals surface area contributed by atoms with Crippen molar-refractivity contribution in [3.8, 4) is 6.01 Å². The molecule has 3 heterocycles. The minimum atomic E-state index is 0.405. The summed E-state index contributed by atoms with van der Waals surface area (Å²) >= 11 is 0. The molecule has 9 heteroatoms. The molecule has 1 aliphatic carbocycles. The van der Waals surface area contributed by atoms with E-state index in [0.29, 0.717) is 31.6 Å². The second-order valence-electron chi connectivity index (χ2n) is 7.17. The molecule has 0 bridgehead atoms. The highest BCUT2D eigenvalue weighted by Gasteiger charge is 2.17. The standard InChI is InChI=1S/C19H30N6O3/c1-2-4-16(3-1)22-23-17-15-18(25-8-12-27-13-9-25)21-19(20-17)28-14-7-24-5-10-26-11-6-24/h3,15,22H,1-2,4-14H2,(H,20,21,23). The van der Waals surface area contributed by atoms with Crippen LogP contribution in [0.2, 0.25) is 0 Å². The van der Waals surface area contributed by atoms with Crippen LogP contribution in [0.3, 0.4) is 0 Å². The maximum Gasteiger partial charge on any atom is 0.320 e. The summed E-state index contributed by atoms with van der Waals surface area (Å²) in [6.45, 7) is 7.96. The zero-order valence-corrected chi connectivity index (χ0v) is 16.4. The first-order valence-corrected chi connectivity index (χ1v) is 10.2. The number of nitrogens with zero attached hydrogens (tertiary/aromatic N) is 4. The molecule has 1 aromatic heterocycles. The van der Waals surface area contributed by atoms with Gasteiger partial charge in [-0.05, 0) is 19.3 Å². The molecule has 0 unspecified atom stereocenters. The zero-order chi connectivity index (χ0) is 19.0.